The number of aromatic nitrogens is 1. The van der Waals surface area contributed by atoms with Crippen LogP contribution >= 0.6 is 0 Å². The van der Waals surface area contributed by atoms with E-state index in [1.165, 1.54) is 17.7 Å². The molecule has 4 heteroatoms. The number of carboxylic acid groups (broad SMARTS) is 1. The van der Waals surface area contributed by atoms with Crippen molar-refractivity contribution in [2.24, 2.45) is 0 Å². The third-order valence-corrected chi connectivity index (χ3v) is 3.60. The first-order valence-corrected chi connectivity index (χ1v) is 6.65. The molecule has 1 aromatic heterocycles. The fourth-order valence-electron chi connectivity index (χ4n) is 2.33. The molecule has 0 saturated heterocycles. The third kappa shape index (κ3) is 2.48. The van der Waals surface area contributed by atoms with E-state index in [9.17, 15) is 4.79 Å². The lowest BCUT2D eigenvalue weighted by Crippen LogP contribution is -1.96. The molecule has 2 N–H and O–H groups in total. The van der Waals surface area contributed by atoms with Crippen LogP contribution in [0.1, 0.15) is 21.6 Å². The van der Waals surface area contributed by atoms with Crippen LogP contribution in [0.5, 0.6) is 11.5 Å². The van der Waals surface area contributed by atoms with Crippen molar-refractivity contribution >= 4 is 16.9 Å². The Morgan fingerprint density at radius 1 is 1.10 bits per heavy atom. The Bertz CT molecular complexity index is 833. The van der Waals surface area contributed by atoms with Gasteiger partial charge in [0.15, 0.2) is 0 Å². The Hall–Kier alpha value is -2.75. The van der Waals surface area contributed by atoms with Crippen LogP contribution in [0.4, 0.5) is 0 Å². The monoisotopic (exact) mass is 281 g/mol. The highest BCUT2D eigenvalue weighted by Gasteiger charge is 2.08. The van der Waals surface area contributed by atoms with Gasteiger partial charge in [-0.15, -0.1) is 0 Å². The number of nitrogens with one attached hydrogen (secondary N) is 1. The summed E-state index contributed by atoms with van der Waals surface area (Å²) in [4.78, 5) is 14.3. The van der Waals surface area contributed by atoms with Gasteiger partial charge in [0.1, 0.15) is 11.5 Å². The maximum atomic E-state index is 11.0. The number of carbonyl (C=O) groups is 1. The number of aryl methyl sites for hydroxylation is 2. The van der Waals surface area contributed by atoms with Gasteiger partial charge < -0.3 is 14.8 Å². The van der Waals surface area contributed by atoms with Crippen LogP contribution in [0, 0.1) is 13.8 Å². The van der Waals surface area contributed by atoms with E-state index in [4.69, 9.17) is 9.84 Å². The minimum absolute atomic E-state index is 0.210. The Kier molecular flexibility index (Phi) is 3.14. The standard InChI is InChI=1S/C17H15NO3/c1-10-11(2)18-16-7-6-14(9-15(10)16)21-13-5-3-4-12(8-13)17(19)20/h3-9,18H,1-2H3,(H,19,20). The van der Waals surface area contributed by atoms with Crippen molar-refractivity contribution in [1.82, 2.24) is 4.98 Å². The molecule has 3 aromatic rings. The summed E-state index contributed by atoms with van der Waals surface area (Å²) < 4.78 is 5.76. The molecule has 0 spiro atoms. The number of aromatic amines is 1. The average Bonchev–Trinajstić information content (AvgIpc) is 2.75. The van der Waals surface area contributed by atoms with Crippen molar-refractivity contribution in [3.05, 3.63) is 59.3 Å². The highest BCUT2D eigenvalue weighted by atomic mass is 16.5. The van der Waals surface area contributed by atoms with Crippen LogP contribution in [0.15, 0.2) is 42.5 Å². The van der Waals surface area contributed by atoms with Gasteiger partial charge in [-0.25, -0.2) is 4.79 Å². The second-order valence-electron chi connectivity index (χ2n) is 5.02. The van der Waals surface area contributed by atoms with E-state index in [1.54, 1.807) is 12.1 Å². The highest BCUT2D eigenvalue weighted by Crippen LogP contribution is 2.29. The Morgan fingerprint density at radius 3 is 2.62 bits per heavy atom. The van der Waals surface area contributed by atoms with E-state index in [0.29, 0.717) is 11.5 Å². The lowest BCUT2D eigenvalue weighted by Gasteiger charge is -2.06. The smallest absolute Gasteiger partial charge is 0.335 e. The zero-order valence-electron chi connectivity index (χ0n) is 11.8. The lowest BCUT2D eigenvalue weighted by molar-refractivity contribution is 0.0696. The molecule has 0 atom stereocenters. The zero-order valence-corrected chi connectivity index (χ0v) is 11.8. The number of fused-ring (bicyclic) bond motifs is 1. The lowest BCUT2D eigenvalue weighted by atomic mass is 10.1. The van der Waals surface area contributed by atoms with Crippen molar-refractivity contribution in [3.63, 3.8) is 0 Å². The molecule has 0 aliphatic heterocycles. The molecular weight excluding hydrogens is 266 g/mol. The summed E-state index contributed by atoms with van der Waals surface area (Å²) in [6.45, 7) is 4.09. The first-order valence-electron chi connectivity index (χ1n) is 6.65. The largest absolute Gasteiger partial charge is 0.478 e. The van der Waals surface area contributed by atoms with E-state index in [2.05, 4.69) is 11.9 Å². The molecule has 1 heterocycles. The molecule has 0 radical (unpaired) electrons. The van der Waals surface area contributed by atoms with Crippen LogP contribution in [0.25, 0.3) is 10.9 Å². The summed E-state index contributed by atoms with van der Waals surface area (Å²) in [6.07, 6.45) is 0. The number of hydrogen-bond acceptors (Lipinski definition) is 2. The van der Waals surface area contributed by atoms with Crippen LogP contribution < -0.4 is 4.74 Å². The quantitative estimate of drug-likeness (QED) is 0.753. The molecule has 3 rings (SSSR count). The van der Waals surface area contributed by atoms with Crippen LogP contribution in [-0.4, -0.2) is 16.1 Å². The number of aromatic carboxylic acids is 1. The summed E-state index contributed by atoms with van der Waals surface area (Å²) in [6, 6.07) is 12.3. The average molecular weight is 281 g/mol. The van der Waals surface area contributed by atoms with E-state index in [-0.39, 0.29) is 5.56 Å². The number of hydrogen-bond donors (Lipinski definition) is 2. The van der Waals surface area contributed by atoms with Crippen molar-refractivity contribution in [2.75, 3.05) is 0 Å². The first kappa shape index (κ1) is 13.2. The zero-order chi connectivity index (χ0) is 15.0. The summed E-state index contributed by atoms with van der Waals surface area (Å²) in [5.41, 5.74) is 3.60. The van der Waals surface area contributed by atoms with Gasteiger partial charge in [0, 0.05) is 16.6 Å². The number of benzene rings is 2. The molecule has 0 saturated carbocycles. The van der Waals surface area contributed by atoms with Gasteiger partial charge in [0.25, 0.3) is 0 Å². The van der Waals surface area contributed by atoms with Crippen LogP contribution in [0.3, 0.4) is 0 Å². The van der Waals surface area contributed by atoms with Crippen molar-refractivity contribution < 1.29 is 14.6 Å². The maximum Gasteiger partial charge on any atom is 0.335 e. The molecule has 0 bridgehead atoms. The highest BCUT2D eigenvalue weighted by molar-refractivity contribution is 5.88. The molecule has 0 fully saturated rings. The maximum absolute atomic E-state index is 11.0. The van der Waals surface area contributed by atoms with E-state index >= 15 is 0 Å². The minimum Gasteiger partial charge on any atom is -0.478 e. The topological polar surface area (TPSA) is 62.3 Å². The molecule has 0 unspecified atom stereocenters. The molecule has 21 heavy (non-hydrogen) atoms. The predicted octanol–water partition coefficient (Wildman–Crippen LogP) is 4.28. The van der Waals surface area contributed by atoms with Gasteiger partial charge in [-0.3, -0.25) is 0 Å². The Morgan fingerprint density at radius 2 is 1.86 bits per heavy atom. The SMILES string of the molecule is Cc1[nH]c2ccc(Oc3cccc(C(=O)O)c3)cc2c1C. The van der Waals surface area contributed by atoms with Crippen LogP contribution in [0.2, 0.25) is 0 Å². The second kappa shape index (κ2) is 4.98. The Labute approximate surface area is 122 Å². The molecule has 0 amide bonds. The fraction of sp³-hybridized carbons (Fsp3) is 0.118. The number of rotatable bonds is 3. The molecule has 0 aliphatic rings. The summed E-state index contributed by atoms with van der Waals surface area (Å²) in [7, 11) is 0. The van der Waals surface area contributed by atoms with E-state index in [1.807, 2.05) is 25.1 Å². The van der Waals surface area contributed by atoms with E-state index < -0.39 is 5.97 Å². The van der Waals surface area contributed by atoms with Crippen LogP contribution in [-0.2, 0) is 0 Å². The van der Waals surface area contributed by atoms with Crippen molar-refractivity contribution in [2.45, 2.75) is 13.8 Å². The van der Waals surface area contributed by atoms with Gasteiger partial charge in [-0.05, 0) is 55.8 Å². The fourth-order valence-corrected chi connectivity index (χ4v) is 2.33. The van der Waals surface area contributed by atoms with Gasteiger partial charge in [-0.1, -0.05) is 6.07 Å². The molecule has 2 aromatic carbocycles. The number of carboxylic acids is 1. The van der Waals surface area contributed by atoms with Gasteiger partial charge in [0.05, 0.1) is 5.56 Å². The number of ether oxygens (including phenoxy) is 1. The molecule has 106 valence electrons. The van der Waals surface area contributed by atoms with Crippen molar-refractivity contribution in [3.8, 4) is 11.5 Å². The minimum atomic E-state index is -0.965. The normalized spacial score (nSPS) is 10.8. The summed E-state index contributed by atoms with van der Waals surface area (Å²) in [5.74, 6) is 0.235. The summed E-state index contributed by atoms with van der Waals surface area (Å²) in [5, 5.41) is 10.1. The van der Waals surface area contributed by atoms with Gasteiger partial charge >= 0.3 is 5.97 Å². The van der Waals surface area contributed by atoms with E-state index in [0.717, 1.165) is 16.6 Å². The molecule has 4 nitrogen and oxygen atoms in total. The number of H-pyrrole nitrogens is 1. The molecule has 0 aliphatic carbocycles. The van der Waals surface area contributed by atoms with Crippen molar-refractivity contribution in [1.29, 1.82) is 0 Å². The third-order valence-electron chi connectivity index (χ3n) is 3.60. The summed E-state index contributed by atoms with van der Waals surface area (Å²) >= 11 is 0. The van der Waals surface area contributed by atoms with Gasteiger partial charge in [0.2, 0.25) is 0 Å². The predicted molar refractivity (Wildman–Crippen MR) is 81.2 cm³/mol. The Balaban J connectivity index is 1.96. The van der Waals surface area contributed by atoms with Gasteiger partial charge in [-0.2, -0.15) is 0 Å². The second-order valence-corrected chi connectivity index (χ2v) is 5.02. The first-order chi connectivity index (χ1) is 10.0. The molecular formula is C17H15NO3.